The molecule has 0 saturated carbocycles. The van der Waals surface area contributed by atoms with Crippen molar-refractivity contribution in [1.29, 1.82) is 0 Å². The Morgan fingerprint density at radius 1 is 1.13 bits per heavy atom. The van der Waals surface area contributed by atoms with Gasteiger partial charge in [0.15, 0.2) is 6.10 Å². The van der Waals surface area contributed by atoms with Crippen LogP contribution in [0.4, 0.5) is 18.9 Å². The summed E-state index contributed by atoms with van der Waals surface area (Å²) in [4.78, 5) is 23.5. The van der Waals surface area contributed by atoms with Crippen molar-refractivity contribution >= 4 is 17.6 Å². The molecule has 0 aliphatic heterocycles. The van der Waals surface area contributed by atoms with Gasteiger partial charge in [-0.1, -0.05) is 20.8 Å². The molecule has 0 saturated heterocycles. The van der Waals surface area contributed by atoms with Crippen molar-refractivity contribution in [1.82, 2.24) is 0 Å². The Labute approximate surface area is 133 Å². The second-order valence-corrected chi connectivity index (χ2v) is 6.43. The monoisotopic (exact) mass is 331 g/mol. The van der Waals surface area contributed by atoms with Crippen LogP contribution < -0.4 is 5.32 Å². The van der Waals surface area contributed by atoms with E-state index in [0.717, 1.165) is 24.3 Å². The van der Waals surface area contributed by atoms with Crippen LogP contribution >= 0.6 is 0 Å². The maximum Gasteiger partial charge on any atom is 0.416 e. The summed E-state index contributed by atoms with van der Waals surface area (Å²) in [6.07, 6.45) is -5.31. The van der Waals surface area contributed by atoms with Crippen molar-refractivity contribution in [2.24, 2.45) is 5.41 Å². The zero-order chi connectivity index (χ0) is 17.8. The third-order valence-electron chi connectivity index (χ3n) is 2.83. The predicted molar refractivity (Wildman–Crippen MR) is 79.7 cm³/mol. The van der Waals surface area contributed by atoms with E-state index in [0.29, 0.717) is 0 Å². The van der Waals surface area contributed by atoms with Crippen molar-refractivity contribution in [2.45, 2.75) is 46.4 Å². The standard InChI is InChI=1S/C16H20F3NO3/c1-10(23-13(21)9-15(2,3)4)14(22)20-12-7-5-11(6-8-12)16(17,18)19/h5-8,10H,9H2,1-4H3,(H,20,22)/t10-/m1/s1. The van der Waals surface area contributed by atoms with Crippen LogP contribution in [0.3, 0.4) is 0 Å². The predicted octanol–water partition coefficient (Wildman–Crippen LogP) is 4.01. The van der Waals surface area contributed by atoms with E-state index >= 15 is 0 Å². The molecule has 0 spiro atoms. The van der Waals surface area contributed by atoms with Gasteiger partial charge in [0.1, 0.15) is 0 Å². The maximum absolute atomic E-state index is 12.4. The van der Waals surface area contributed by atoms with Crippen LogP contribution in [-0.4, -0.2) is 18.0 Å². The van der Waals surface area contributed by atoms with Gasteiger partial charge in [-0.25, -0.2) is 0 Å². The van der Waals surface area contributed by atoms with E-state index in [2.05, 4.69) is 5.32 Å². The number of benzene rings is 1. The first kappa shape index (κ1) is 19.0. The molecular formula is C16H20F3NO3. The Hall–Kier alpha value is -2.05. The first-order chi connectivity index (χ1) is 10.4. The Kier molecular flexibility index (Phi) is 5.80. The fourth-order valence-electron chi connectivity index (χ4n) is 1.71. The number of carbonyl (C=O) groups is 2. The van der Waals surface area contributed by atoms with Crippen LogP contribution in [-0.2, 0) is 20.5 Å². The molecule has 1 atom stereocenters. The number of carbonyl (C=O) groups excluding carboxylic acids is 2. The van der Waals surface area contributed by atoms with Crippen molar-refractivity contribution < 1.29 is 27.5 Å². The lowest BCUT2D eigenvalue weighted by molar-refractivity contribution is -0.154. The molecule has 0 heterocycles. The third-order valence-corrected chi connectivity index (χ3v) is 2.83. The molecule has 1 N–H and O–H groups in total. The first-order valence-electron chi connectivity index (χ1n) is 7.06. The Balaban J connectivity index is 2.60. The number of anilines is 1. The molecule has 1 amide bonds. The molecule has 0 fully saturated rings. The van der Waals surface area contributed by atoms with Gasteiger partial charge in [-0.05, 0) is 36.6 Å². The van der Waals surface area contributed by atoms with Gasteiger partial charge in [0.2, 0.25) is 0 Å². The molecule has 0 aromatic heterocycles. The highest BCUT2D eigenvalue weighted by molar-refractivity contribution is 5.95. The average Bonchev–Trinajstić information content (AvgIpc) is 2.35. The summed E-state index contributed by atoms with van der Waals surface area (Å²) in [6, 6.07) is 4.02. The van der Waals surface area contributed by atoms with E-state index in [1.54, 1.807) is 0 Å². The Morgan fingerprint density at radius 2 is 1.65 bits per heavy atom. The second kappa shape index (κ2) is 7.02. The molecule has 128 valence electrons. The van der Waals surface area contributed by atoms with Crippen LogP contribution in [0, 0.1) is 5.41 Å². The Bertz CT molecular complexity index is 559. The lowest BCUT2D eigenvalue weighted by atomic mass is 9.92. The lowest BCUT2D eigenvalue weighted by Crippen LogP contribution is -2.31. The quantitative estimate of drug-likeness (QED) is 0.848. The Morgan fingerprint density at radius 3 is 2.09 bits per heavy atom. The zero-order valence-corrected chi connectivity index (χ0v) is 13.5. The molecule has 0 radical (unpaired) electrons. The minimum absolute atomic E-state index is 0.158. The average molecular weight is 331 g/mol. The van der Waals surface area contributed by atoms with Gasteiger partial charge in [-0.15, -0.1) is 0 Å². The minimum Gasteiger partial charge on any atom is -0.453 e. The summed E-state index contributed by atoms with van der Waals surface area (Å²) < 4.78 is 42.3. The first-order valence-corrected chi connectivity index (χ1v) is 7.06. The van der Waals surface area contributed by atoms with Gasteiger partial charge in [0.25, 0.3) is 5.91 Å². The van der Waals surface area contributed by atoms with Gasteiger partial charge in [-0.2, -0.15) is 13.2 Å². The van der Waals surface area contributed by atoms with E-state index in [1.807, 2.05) is 20.8 Å². The van der Waals surface area contributed by atoms with Crippen molar-refractivity contribution in [3.8, 4) is 0 Å². The zero-order valence-electron chi connectivity index (χ0n) is 13.5. The van der Waals surface area contributed by atoms with E-state index in [9.17, 15) is 22.8 Å². The van der Waals surface area contributed by atoms with Crippen LogP contribution in [0.5, 0.6) is 0 Å². The highest BCUT2D eigenvalue weighted by Crippen LogP contribution is 2.29. The number of esters is 1. The van der Waals surface area contributed by atoms with Crippen LogP contribution in [0.1, 0.15) is 39.7 Å². The number of rotatable bonds is 4. The van der Waals surface area contributed by atoms with Crippen molar-refractivity contribution in [2.75, 3.05) is 5.32 Å². The molecule has 0 bridgehead atoms. The second-order valence-electron chi connectivity index (χ2n) is 6.43. The summed E-state index contributed by atoms with van der Waals surface area (Å²) >= 11 is 0. The minimum atomic E-state index is -4.43. The third kappa shape index (κ3) is 6.71. The van der Waals surface area contributed by atoms with Crippen molar-refractivity contribution in [3.63, 3.8) is 0 Å². The SMILES string of the molecule is C[C@@H](OC(=O)CC(C)(C)C)C(=O)Nc1ccc(C(F)(F)F)cc1. The van der Waals surface area contributed by atoms with E-state index < -0.39 is 29.7 Å². The number of amides is 1. The molecule has 7 heteroatoms. The van der Waals surface area contributed by atoms with Gasteiger partial charge in [0.05, 0.1) is 12.0 Å². The number of hydrogen-bond donors (Lipinski definition) is 1. The highest BCUT2D eigenvalue weighted by atomic mass is 19.4. The molecule has 0 aliphatic rings. The topological polar surface area (TPSA) is 55.4 Å². The summed E-state index contributed by atoms with van der Waals surface area (Å²) in [5, 5.41) is 2.41. The van der Waals surface area contributed by atoms with Crippen LogP contribution in [0.25, 0.3) is 0 Å². The maximum atomic E-state index is 12.4. The molecule has 0 aliphatic carbocycles. The van der Waals surface area contributed by atoms with Crippen LogP contribution in [0.15, 0.2) is 24.3 Å². The van der Waals surface area contributed by atoms with Gasteiger partial charge >= 0.3 is 12.1 Å². The number of hydrogen-bond acceptors (Lipinski definition) is 3. The van der Waals surface area contributed by atoms with E-state index in [-0.39, 0.29) is 17.5 Å². The molecule has 1 rings (SSSR count). The molecule has 1 aromatic carbocycles. The fraction of sp³-hybridized carbons (Fsp3) is 0.500. The summed E-state index contributed by atoms with van der Waals surface area (Å²) in [5.74, 6) is -1.11. The van der Waals surface area contributed by atoms with Gasteiger partial charge < -0.3 is 10.1 Å². The molecular weight excluding hydrogens is 311 g/mol. The number of alkyl halides is 3. The van der Waals surface area contributed by atoms with E-state index in [1.165, 1.54) is 6.92 Å². The summed E-state index contributed by atoms with van der Waals surface area (Å²) in [6.45, 7) is 6.99. The van der Waals surface area contributed by atoms with E-state index in [4.69, 9.17) is 4.74 Å². The van der Waals surface area contributed by atoms with Gasteiger partial charge in [0, 0.05) is 5.69 Å². The normalized spacial score (nSPS) is 13.3. The fourth-order valence-corrected chi connectivity index (χ4v) is 1.71. The number of ether oxygens (including phenoxy) is 1. The smallest absolute Gasteiger partial charge is 0.416 e. The highest BCUT2D eigenvalue weighted by Gasteiger charge is 2.30. The molecule has 1 aromatic rings. The molecule has 23 heavy (non-hydrogen) atoms. The molecule has 0 unspecified atom stereocenters. The largest absolute Gasteiger partial charge is 0.453 e. The summed E-state index contributed by atoms with van der Waals surface area (Å²) in [5.41, 5.74) is -0.873. The van der Waals surface area contributed by atoms with Gasteiger partial charge in [-0.3, -0.25) is 9.59 Å². The molecule has 4 nitrogen and oxygen atoms in total. The number of nitrogens with one attached hydrogen (secondary N) is 1. The van der Waals surface area contributed by atoms with Crippen LogP contribution in [0.2, 0.25) is 0 Å². The lowest BCUT2D eigenvalue weighted by Gasteiger charge is -2.19. The summed E-state index contributed by atoms with van der Waals surface area (Å²) in [7, 11) is 0. The van der Waals surface area contributed by atoms with Crippen molar-refractivity contribution in [3.05, 3.63) is 29.8 Å². The number of halogens is 3.